The first kappa shape index (κ1) is 13.9. The van der Waals surface area contributed by atoms with Crippen molar-refractivity contribution in [2.75, 3.05) is 13.2 Å². The Bertz CT molecular complexity index is 229. The van der Waals surface area contributed by atoms with E-state index in [2.05, 4.69) is 5.32 Å². The second-order valence-electron chi connectivity index (χ2n) is 3.95. The molecule has 88 valence electrons. The zero-order chi connectivity index (χ0) is 12.0. The van der Waals surface area contributed by atoms with Crippen molar-refractivity contribution in [2.24, 2.45) is 17.8 Å². The highest BCUT2D eigenvalue weighted by Crippen LogP contribution is 2.11. The fourth-order valence-electron chi connectivity index (χ4n) is 0.941. The lowest BCUT2D eigenvalue weighted by molar-refractivity contribution is -0.146. The standard InChI is InChI=1S/C10H19NO4/c1-6(5-12)4-11-9(13)7(2)8(3)10(14)15/h6-8,12H,4-5H2,1-3H3,(H,11,13)(H,14,15). The van der Waals surface area contributed by atoms with Crippen LogP contribution in [0, 0.1) is 17.8 Å². The number of carboxylic acid groups (broad SMARTS) is 1. The second kappa shape index (κ2) is 6.40. The van der Waals surface area contributed by atoms with Gasteiger partial charge in [0, 0.05) is 19.1 Å². The molecule has 0 aliphatic rings. The number of rotatable bonds is 6. The van der Waals surface area contributed by atoms with Gasteiger partial charge in [0.05, 0.1) is 5.92 Å². The molecular formula is C10H19NO4. The summed E-state index contributed by atoms with van der Waals surface area (Å²) in [7, 11) is 0. The number of carboxylic acids is 1. The number of hydrogen-bond donors (Lipinski definition) is 3. The van der Waals surface area contributed by atoms with Crippen LogP contribution in [0.4, 0.5) is 0 Å². The summed E-state index contributed by atoms with van der Waals surface area (Å²) in [5.41, 5.74) is 0. The Morgan fingerprint density at radius 1 is 1.20 bits per heavy atom. The molecule has 0 heterocycles. The third-order valence-electron chi connectivity index (χ3n) is 2.49. The zero-order valence-corrected chi connectivity index (χ0v) is 9.36. The molecule has 3 unspecified atom stereocenters. The normalized spacial score (nSPS) is 16.5. The van der Waals surface area contributed by atoms with Crippen molar-refractivity contribution < 1.29 is 19.8 Å². The minimum Gasteiger partial charge on any atom is -0.481 e. The quantitative estimate of drug-likeness (QED) is 0.588. The van der Waals surface area contributed by atoms with Crippen molar-refractivity contribution in [3.05, 3.63) is 0 Å². The molecule has 0 radical (unpaired) electrons. The summed E-state index contributed by atoms with van der Waals surface area (Å²) in [5, 5.41) is 20.0. The number of aliphatic hydroxyl groups excluding tert-OH is 1. The fourth-order valence-corrected chi connectivity index (χ4v) is 0.941. The predicted molar refractivity (Wildman–Crippen MR) is 55.2 cm³/mol. The Kier molecular flexibility index (Phi) is 5.93. The summed E-state index contributed by atoms with van der Waals surface area (Å²) in [6.07, 6.45) is 0. The molecule has 1 amide bonds. The van der Waals surface area contributed by atoms with Crippen LogP contribution in [0.1, 0.15) is 20.8 Å². The highest BCUT2D eigenvalue weighted by molar-refractivity contribution is 5.84. The van der Waals surface area contributed by atoms with Crippen molar-refractivity contribution in [1.29, 1.82) is 0 Å². The number of carbonyl (C=O) groups excluding carboxylic acids is 1. The van der Waals surface area contributed by atoms with Crippen LogP contribution in [-0.2, 0) is 9.59 Å². The van der Waals surface area contributed by atoms with E-state index in [0.717, 1.165) is 0 Å². The van der Waals surface area contributed by atoms with Crippen LogP contribution in [0.15, 0.2) is 0 Å². The maximum atomic E-state index is 11.5. The third kappa shape index (κ3) is 4.78. The molecule has 0 bridgehead atoms. The van der Waals surface area contributed by atoms with Gasteiger partial charge in [-0.3, -0.25) is 9.59 Å². The van der Waals surface area contributed by atoms with Gasteiger partial charge in [0.15, 0.2) is 0 Å². The molecule has 0 aliphatic carbocycles. The topological polar surface area (TPSA) is 86.6 Å². The molecule has 5 heteroatoms. The van der Waals surface area contributed by atoms with E-state index in [4.69, 9.17) is 10.2 Å². The first-order chi connectivity index (χ1) is 6.90. The number of aliphatic hydroxyl groups is 1. The van der Waals surface area contributed by atoms with Crippen molar-refractivity contribution in [2.45, 2.75) is 20.8 Å². The van der Waals surface area contributed by atoms with Crippen LogP contribution in [0.2, 0.25) is 0 Å². The Morgan fingerprint density at radius 3 is 2.13 bits per heavy atom. The lowest BCUT2D eigenvalue weighted by Crippen LogP contribution is -2.37. The van der Waals surface area contributed by atoms with Gasteiger partial charge >= 0.3 is 5.97 Å². The van der Waals surface area contributed by atoms with Crippen LogP contribution in [-0.4, -0.2) is 35.2 Å². The summed E-state index contributed by atoms with van der Waals surface area (Å²) in [4.78, 5) is 22.1. The monoisotopic (exact) mass is 217 g/mol. The molecule has 0 fully saturated rings. The van der Waals surface area contributed by atoms with Gasteiger partial charge < -0.3 is 15.5 Å². The number of aliphatic carboxylic acids is 1. The minimum atomic E-state index is -0.979. The smallest absolute Gasteiger partial charge is 0.307 e. The lowest BCUT2D eigenvalue weighted by Gasteiger charge is -2.17. The number of nitrogens with one attached hydrogen (secondary N) is 1. The Morgan fingerprint density at radius 2 is 1.73 bits per heavy atom. The van der Waals surface area contributed by atoms with E-state index >= 15 is 0 Å². The summed E-state index contributed by atoms with van der Waals surface area (Å²) in [5.74, 6) is -2.54. The van der Waals surface area contributed by atoms with Gasteiger partial charge in [0.1, 0.15) is 0 Å². The molecule has 0 rings (SSSR count). The van der Waals surface area contributed by atoms with E-state index in [1.54, 1.807) is 13.8 Å². The van der Waals surface area contributed by atoms with E-state index in [9.17, 15) is 9.59 Å². The highest BCUT2D eigenvalue weighted by atomic mass is 16.4. The third-order valence-corrected chi connectivity index (χ3v) is 2.49. The van der Waals surface area contributed by atoms with Gasteiger partial charge in [0.25, 0.3) is 0 Å². The van der Waals surface area contributed by atoms with Gasteiger partial charge in [0.2, 0.25) is 5.91 Å². The maximum Gasteiger partial charge on any atom is 0.307 e. The van der Waals surface area contributed by atoms with Crippen molar-refractivity contribution in [1.82, 2.24) is 5.32 Å². The lowest BCUT2D eigenvalue weighted by atomic mass is 9.95. The van der Waals surface area contributed by atoms with Crippen molar-refractivity contribution >= 4 is 11.9 Å². The highest BCUT2D eigenvalue weighted by Gasteiger charge is 2.25. The zero-order valence-electron chi connectivity index (χ0n) is 9.36. The molecule has 15 heavy (non-hydrogen) atoms. The minimum absolute atomic E-state index is 0.00312. The Labute approximate surface area is 89.5 Å². The van der Waals surface area contributed by atoms with E-state index in [1.165, 1.54) is 6.92 Å². The van der Waals surface area contributed by atoms with Crippen LogP contribution in [0.25, 0.3) is 0 Å². The predicted octanol–water partition coefficient (Wildman–Crippen LogP) is 0.0878. The van der Waals surface area contributed by atoms with Crippen LogP contribution in [0.3, 0.4) is 0 Å². The average molecular weight is 217 g/mol. The molecule has 3 N–H and O–H groups in total. The molecular weight excluding hydrogens is 198 g/mol. The van der Waals surface area contributed by atoms with Crippen LogP contribution in [0.5, 0.6) is 0 Å². The summed E-state index contributed by atoms with van der Waals surface area (Å²) in [6, 6.07) is 0. The summed E-state index contributed by atoms with van der Waals surface area (Å²) >= 11 is 0. The molecule has 0 aromatic rings. The van der Waals surface area contributed by atoms with Gasteiger partial charge in [-0.1, -0.05) is 20.8 Å². The Hall–Kier alpha value is -1.10. The molecule has 0 aromatic carbocycles. The first-order valence-electron chi connectivity index (χ1n) is 5.01. The van der Waals surface area contributed by atoms with E-state index in [1.807, 2.05) is 0 Å². The molecule has 0 saturated carbocycles. The van der Waals surface area contributed by atoms with Crippen molar-refractivity contribution in [3.63, 3.8) is 0 Å². The molecule has 0 aromatic heterocycles. The van der Waals surface area contributed by atoms with E-state index < -0.39 is 17.8 Å². The van der Waals surface area contributed by atoms with Crippen LogP contribution < -0.4 is 5.32 Å². The van der Waals surface area contributed by atoms with Gasteiger partial charge in [-0.05, 0) is 5.92 Å². The van der Waals surface area contributed by atoms with Gasteiger partial charge in [-0.25, -0.2) is 0 Å². The number of carbonyl (C=O) groups is 2. The molecule has 5 nitrogen and oxygen atoms in total. The second-order valence-corrected chi connectivity index (χ2v) is 3.95. The average Bonchev–Trinajstić information content (AvgIpc) is 2.22. The van der Waals surface area contributed by atoms with Gasteiger partial charge in [-0.2, -0.15) is 0 Å². The fraction of sp³-hybridized carbons (Fsp3) is 0.800. The molecule has 3 atom stereocenters. The number of amides is 1. The molecule has 0 saturated heterocycles. The SMILES string of the molecule is CC(CO)CNC(=O)C(C)C(C)C(=O)O. The maximum absolute atomic E-state index is 11.5. The van der Waals surface area contributed by atoms with Crippen molar-refractivity contribution in [3.8, 4) is 0 Å². The van der Waals surface area contributed by atoms with E-state index in [0.29, 0.717) is 6.54 Å². The number of hydrogen-bond acceptors (Lipinski definition) is 3. The molecule has 0 spiro atoms. The summed E-state index contributed by atoms with van der Waals surface area (Å²) < 4.78 is 0. The largest absolute Gasteiger partial charge is 0.481 e. The first-order valence-corrected chi connectivity index (χ1v) is 5.01. The molecule has 0 aliphatic heterocycles. The van der Waals surface area contributed by atoms with E-state index in [-0.39, 0.29) is 18.4 Å². The Balaban J connectivity index is 4.05. The summed E-state index contributed by atoms with van der Waals surface area (Å²) in [6.45, 7) is 5.25. The van der Waals surface area contributed by atoms with Crippen LogP contribution >= 0.6 is 0 Å². The van der Waals surface area contributed by atoms with Gasteiger partial charge in [-0.15, -0.1) is 0 Å².